The van der Waals surface area contributed by atoms with E-state index in [9.17, 15) is 22.6 Å². The number of cyclic esters (lactones) is 1. The Balaban J connectivity index is 1.55. The number of fused-ring (bicyclic) bond motifs is 1. The van der Waals surface area contributed by atoms with E-state index in [0.29, 0.717) is 18.1 Å². The van der Waals surface area contributed by atoms with Crippen LogP contribution < -0.4 is 10.2 Å². The van der Waals surface area contributed by atoms with Gasteiger partial charge in [0.15, 0.2) is 6.10 Å². The van der Waals surface area contributed by atoms with Gasteiger partial charge in [0.05, 0.1) is 12.2 Å². The standard InChI is InChI=1S/C17H18F2N2O4S/c1-2-20-16(22)13-5-21(17(23)25-13)8-3-11(18)15(12(19)4-8)14-9-6-26(24)7-10(9)14/h3-4,9-10,13-14H,2,5-7H2,1H3,(H,20,22)/t9-,10+,13-,14?,26?/m1/s1. The minimum atomic E-state index is -1.01. The summed E-state index contributed by atoms with van der Waals surface area (Å²) in [5.74, 6) is -1.01. The van der Waals surface area contributed by atoms with Crippen molar-refractivity contribution in [2.24, 2.45) is 11.8 Å². The molecule has 0 radical (unpaired) electrons. The topological polar surface area (TPSA) is 75.7 Å². The molecule has 2 saturated heterocycles. The SMILES string of the molecule is CCNC(=O)[C@H]1CN(c2cc(F)c(C3[C@H]4CS(=O)C[C@@H]34)c(F)c2)C(=O)O1. The van der Waals surface area contributed by atoms with Crippen molar-refractivity contribution in [1.29, 1.82) is 0 Å². The van der Waals surface area contributed by atoms with Crippen LogP contribution >= 0.6 is 0 Å². The fourth-order valence-corrected chi connectivity index (χ4v) is 5.87. The summed E-state index contributed by atoms with van der Waals surface area (Å²) in [7, 11) is -0.885. The molecule has 9 heteroatoms. The van der Waals surface area contributed by atoms with E-state index < -0.39 is 40.5 Å². The van der Waals surface area contributed by atoms with Crippen LogP contribution in [0.5, 0.6) is 0 Å². The monoisotopic (exact) mass is 384 g/mol. The molecule has 26 heavy (non-hydrogen) atoms. The quantitative estimate of drug-likeness (QED) is 0.854. The van der Waals surface area contributed by atoms with Gasteiger partial charge in [0.2, 0.25) is 0 Å². The van der Waals surface area contributed by atoms with Crippen molar-refractivity contribution in [3.05, 3.63) is 29.3 Å². The van der Waals surface area contributed by atoms with E-state index in [1.807, 2.05) is 0 Å². The molecule has 6 nitrogen and oxygen atoms in total. The number of benzene rings is 1. The van der Waals surface area contributed by atoms with Crippen molar-refractivity contribution >= 4 is 28.5 Å². The highest BCUT2D eigenvalue weighted by Gasteiger charge is 2.58. The highest BCUT2D eigenvalue weighted by Crippen LogP contribution is 2.59. The summed E-state index contributed by atoms with van der Waals surface area (Å²) in [6.45, 7) is 2.02. The van der Waals surface area contributed by atoms with E-state index >= 15 is 0 Å². The first kappa shape index (κ1) is 17.4. The summed E-state index contributed by atoms with van der Waals surface area (Å²) >= 11 is 0. The molecule has 0 bridgehead atoms. The third kappa shape index (κ3) is 2.78. The molecule has 1 aromatic rings. The summed E-state index contributed by atoms with van der Waals surface area (Å²) in [5, 5.41) is 2.55. The number of nitrogens with zero attached hydrogens (tertiary/aromatic N) is 1. The highest BCUT2D eigenvalue weighted by molar-refractivity contribution is 7.85. The van der Waals surface area contributed by atoms with Gasteiger partial charge in [-0.2, -0.15) is 0 Å². The Hall–Kier alpha value is -2.03. The Morgan fingerprint density at radius 1 is 1.31 bits per heavy atom. The molecule has 0 spiro atoms. The first-order valence-corrected chi connectivity index (χ1v) is 9.99. The number of anilines is 1. The summed E-state index contributed by atoms with van der Waals surface area (Å²) in [6, 6.07) is 2.20. The number of carbonyl (C=O) groups is 2. The lowest BCUT2D eigenvalue weighted by Crippen LogP contribution is -2.37. The van der Waals surface area contributed by atoms with Crippen molar-refractivity contribution < 1.29 is 27.3 Å². The average molecular weight is 384 g/mol. The van der Waals surface area contributed by atoms with Gasteiger partial charge in [-0.25, -0.2) is 13.6 Å². The number of carbonyl (C=O) groups excluding carboxylic acids is 2. The van der Waals surface area contributed by atoms with Crippen LogP contribution in [0.3, 0.4) is 0 Å². The van der Waals surface area contributed by atoms with Gasteiger partial charge in [0.1, 0.15) is 11.6 Å². The molecule has 2 amide bonds. The first-order chi connectivity index (χ1) is 12.4. The Morgan fingerprint density at radius 2 is 1.92 bits per heavy atom. The molecule has 5 atom stereocenters. The van der Waals surface area contributed by atoms with Gasteiger partial charge in [0, 0.05) is 34.4 Å². The summed E-state index contributed by atoms with van der Waals surface area (Å²) in [5.41, 5.74) is 0.0308. The van der Waals surface area contributed by atoms with Crippen molar-refractivity contribution in [3.63, 3.8) is 0 Å². The highest BCUT2D eigenvalue weighted by atomic mass is 32.2. The number of rotatable bonds is 4. The van der Waals surface area contributed by atoms with E-state index in [1.165, 1.54) is 0 Å². The summed E-state index contributed by atoms with van der Waals surface area (Å²) in [6.07, 6.45) is -1.82. The zero-order valence-electron chi connectivity index (χ0n) is 14.0. The molecule has 1 aromatic carbocycles. The lowest BCUT2D eigenvalue weighted by Gasteiger charge is -2.15. The van der Waals surface area contributed by atoms with E-state index in [1.54, 1.807) is 6.92 Å². The molecule has 0 aromatic heterocycles. The Labute approximate surface area is 151 Å². The largest absolute Gasteiger partial charge is 0.434 e. The number of likely N-dealkylation sites (N-methyl/N-ethyl adjacent to an activating group) is 1. The van der Waals surface area contributed by atoms with Crippen LogP contribution in [0.1, 0.15) is 18.4 Å². The minimum absolute atomic E-state index is 0.00768. The number of nitrogens with one attached hydrogen (secondary N) is 1. The van der Waals surface area contributed by atoms with Crippen LogP contribution in [0.2, 0.25) is 0 Å². The van der Waals surface area contributed by atoms with Gasteiger partial charge in [-0.3, -0.25) is 13.9 Å². The van der Waals surface area contributed by atoms with Crippen molar-refractivity contribution in [2.75, 3.05) is 29.5 Å². The normalized spacial score (nSPS) is 32.3. The molecule has 1 aliphatic carbocycles. The predicted octanol–water partition coefficient (Wildman–Crippen LogP) is 1.52. The number of ether oxygens (including phenoxy) is 1. The fraction of sp³-hybridized carbons (Fsp3) is 0.529. The molecule has 4 rings (SSSR count). The van der Waals surface area contributed by atoms with Crippen molar-refractivity contribution in [2.45, 2.75) is 18.9 Å². The Morgan fingerprint density at radius 3 is 2.50 bits per heavy atom. The zero-order valence-corrected chi connectivity index (χ0v) is 14.9. The van der Waals surface area contributed by atoms with Crippen LogP contribution in [0.25, 0.3) is 0 Å². The average Bonchev–Trinajstić information content (AvgIpc) is 2.93. The van der Waals surface area contributed by atoms with E-state index in [-0.39, 0.29) is 35.5 Å². The molecule has 2 aliphatic heterocycles. The van der Waals surface area contributed by atoms with Gasteiger partial charge in [0.25, 0.3) is 5.91 Å². The molecular formula is C17H18F2N2O4S. The third-order valence-corrected chi connectivity index (χ3v) is 6.77. The van der Waals surface area contributed by atoms with Crippen LogP contribution in [-0.4, -0.2) is 46.9 Å². The first-order valence-electron chi connectivity index (χ1n) is 8.50. The van der Waals surface area contributed by atoms with Gasteiger partial charge < -0.3 is 10.1 Å². The maximum Gasteiger partial charge on any atom is 0.415 e. The van der Waals surface area contributed by atoms with Crippen LogP contribution in [0, 0.1) is 23.5 Å². The smallest absolute Gasteiger partial charge is 0.415 e. The molecule has 2 heterocycles. The van der Waals surface area contributed by atoms with Gasteiger partial charge in [-0.15, -0.1) is 0 Å². The predicted molar refractivity (Wildman–Crippen MR) is 90.3 cm³/mol. The molecule has 2 unspecified atom stereocenters. The van der Waals surface area contributed by atoms with Crippen LogP contribution in [0.15, 0.2) is 12.1 Å². The fourth-order valence-electron chi connectivity index (χ4n) is 3.97. The second kappa shape index (κ2) is 6.29. The second-order valence-corrected chi connectivity index (χ2v) is 8.37. The Kier molecular flexibility index (Phi) is 4.21. The molecular weight excluding hydrogens is 366 g/mol. The molecule has 1 saturated carbocycles. The summed E-state index contributed by atoms with van der Waals surface area (Å²) < 4.78 is 45.6. The minimum Gasteiger partial charge on any atom is -0.434 e. The van der Waals surface area contributed by atoms with Crippen molar-refractivity contribution in [1.82, 2.24) is 5.32 Å². The number of halogens is 2. The number of hydrogen-bond donors (Lipinski definition) is 1. The summed E-state index contributed by atoms with van der Waals surface area (Å²) in [4.78, 5) is 24.8. The van der Waals surface area contributed by atoms with Crippen LogP contribution in [-0.2, 0) is 20.3 Å². The van der Waals surface area contributed by atoms with E-state index in [2.05, 4.69) is 5.32 Å². The van der Waals surface area contributed by atoms with Gasteiger partial charge in [-0.1, -0.05) is 0 Å². The van der Waals surface area contributed by atoms with E-state index in [4.69, 9.17) is 4.74 Å². The molecule has 1 N–H and O–H groups in total. The maximum absolute atomic E-state index is 14.6. The van der Waals surface area contributed by atoms with Gasteiger partial charge >= 0.3 is 6.09 Å². The molecule has 3 fully saturated rings. The van der Waals surface area contributed by atoms with Crippen LogP contribution in [0.4, 0.5) is 19.3 Å². The molecule has 3 aliphatic rings. The lowest BCUT2D eigenvalue weighted by molar-refractivity contribution is -0.127. The second-order valence-electron chi connectivity index (χ2n) is 6.83. The lowest BCUT2D eigenvalue weighted by atomic mass is 10.1. The third-order valence-electron chi connectivity index (χ3n) is 5.25. The molecule has 140 valence electrons. The number of amides is 2. The zero-order chi connectivity index (χ0) is 18.6. The number of hydrogen-bond acceptors (Lipinski definition) is 4. The van der Waals surface area contributed by atoms with Gasteiger partial charge in [-0.05, 0) is 36.8 Å². The van der Waals surface area contributed by atoms with E-state index in [0.717, 1.165) is 17.0 Å². The Bertz CT molecular complexity index is 781. The maximum atomic E-state index is 14.6. The van der Waals surface area contributed by atoms with Crippen molar-refractivity contribution in [3.8, 4) is 0 Å².